The summed E-state index contributed by atoms with van der Waals surface area (Å²) >= 11 is 0. The van der Waals surface area contributed by atoms with Crippen LogP contribution in [0.4, 0.5) is 4.79 Å². The van der Waals surface area contributed by atoms with E-state index >= 15 is 0 Å². The fourth-order valence-corrected chi connectivity index (χ4v) is 1.76. The predicted molar refractivity (Wildman–Crippen MR) is 77.8 cm³/mol. The topological polar surface area (TPSA) is 90.5 Å². The first-order chi connectivity index (χ1) is 9.15. The number of nitrogens with zero attached hydrogens (tertiary/aromatic N) is 1. The first kappa shape index (κ1) is 18.7. The second-order valence-corrected chi connectivity index (χ2v) is 4.41. The highest BCUT2D eigenvalue weighted by Crippen LogP contribution is 2.01. The predicted octanol–water partition coefficient (Wildman–Crippen LogP) is -0.144. The molecule has 0 atom stereocenters. The van der Waals surface area contributed by atoms with Crippen LogP contribution in [0.25, 0.3) is 0 Å². The highest BCUT2D eigenvalue weighted by Gasteiger charge is 2.27. The summed E-state index contributed by atoms with van der Waals surface area (Å²) in [4.78, 5) is 35.1. The number of halogens is 1. The molecule has 3 N–H and O–H groups in total. The lowest BCUT2D eigenvalue weighted by Gasteiger charge is -2.11. The van der Waals surface area contributed by atoms with Crippen molar-refractivity contribution in [3.8, 4) is 0 Å². The summed E-state index contributed by atoms with van der Waals surface area (Å²) < 4.78 is 0. The molecule has 0 spiro atoms. The van der Waals surface area contributed by atoms with Crippen LogP contribution in [0.15, 0.2) is 0 Å². The van der Waals surface area contributed by atoms with Gasteiger partial charge in [-0.1, -0.05) is 6.92 Å². The highest BCUT2D eigenvalue weighted by molar-refractivity contribution is 6.01. The molecule has 116 valence electrons. The lowest BCUT2D eigenvalue weighted by molar-refractivity contribution is -0.126. The molecule has 1 heterocycles. The number of hydrogen-bond donors (Lipinski definition) is 3. The van der Waals surface area contributed by atoms with Crippen LogP contribution in [0.3, 0.4) is 0 Å². The Morgan fingerprint density at radius 2 is 2.05 bits per heavy atom. The zero-order valence-corrected chi connectivity index (χ0v) is 12.6. The van der Waals surface area contributed by atoms with E-state index in [1.54, 1.807) is 0 Å². The lowest BCUT2D eigenvalue weighted by atomic mass is 10.3. The molecule has 0 aromatic heterocycles. The Kier molecular flexibility index (Phi) is 9.75. The number of nitrogens with one attached hydrogen (secondary N) is 3. The van der Waals surface area contributed by atoms with Crippen LogP contribution in [0.1, 0.15) is 26.2 Å². The van der Waals surface area contributed by atoms with Gasteiger partial charge in [-0.15, -0.1) is 12.4 Å². The molecule has 1 aliphatic rings. The summed E-state index contributed by atoms with van der Waals surface area (Å²) in [7, 11) is 0. The van der Waals surface area contributed by atoms with Gasteiger partial charge in [0.2, 0.25) is 11.8 Å². The van der Waals surface area contributed by atoms with E-state index in [0.717, 1.165) is 24.4 Å². The zero-order valence-electron chi connectivity index (χ0n) is 11.7. The molecule has 0 unspecified atom stereocenters. The van der Waals surface area contributed by atoms with Crippen molar-refractivity contribution >= 4 is 30.3 Å². The number of rotatable bonds is 9. The first-order valence-corrected chi connectivity index (χ1v) is 6.70. The van der Waals surface area contributed by atoms with E-state index in [2.05, 4.69) is 22.9 Å². The van der Waals surface area contributed by atoms with Gasteiger partial charge in [0.25, 0.3) is 0 Å². The fraction of sp³-hybridized carbons (Fsp3) is 0.750. The molecular weight excluding hydrogens is 284 g/mol. The molecule has 0 radical (unpaired) electrons. The molecule has 7 nitrogen and oxygen atoms in total. The Morgan fingerprint density at radius 1 is 1.30 bits per heavy atom. The summed E-state index contributed by atoms with van der Waals surface area (Å²) in [5, 5.41) is 8.41. The highest BCUT2D eigenvalue weighted by atomic mass is 35.5. The second-order valence-electron chi connectivity index (χ2n) is 4.41. The number of carbonyl (C=O) groups is 3. The van der Waals surface area contributed by atoms with Crippen LogP contribution in [0.2, 0.25) is 0 Å². The summed E-state index contributed by atoms with van der Waals surface area (Å²) in [6.45, 7) is 4.75. The maximum atomic E-state index is 11.5. The van der Waals surface area contributed by atoms with E-state index in [4.69, 9.17) is 0 Å². The molecular formula is C12H23ClN4O3. The molecule has 0 aliphatic carbocycles. The van der Waals surface area contributed by atoms with E-state index in [9.17, 15) is 14.4 Å². The van der Waals surface area contributed by atoms with Gasteiger partial charge in [0.05, 0.1) is 6.54 Å². The maximum Gasteiger partial charge on any atom is 0.324 e. The number of hydrogen-bond acceptors (Lipinski definition) is 4. The number of imide groups is 1. The van der Waals surface area contributed by atoms with Gasteiger partial charge in [0.15, 0.2) is 0 Å². The minimum Gasteiger partial charge on any atom is -0.355 e. The second kappa shape index (κ2) is 10.4. The van der Waals surface area contributed by atoms with Crippen molar-refractivity contribution in [1.82, 2.24) is 20.9 Å². The number of amides is 4. The van der Waals surface area contributed by atoms with Crippen LogP contribution < -0.4 is 16.0 Å². The lowest BCUT2D eigenvalue weighted by Crippen LogP contribution is -2.34. The monoisotopic (exact) mass is 306 g/mol. The Balaban J connectivity index is 0.00000361. The van der Waals surface area contributed by atoms with E-state index in [0.29, 0.717) is 25.9 Å². The number of urea groups is 1. The minimum atomic E-state index is -0.367. The average Bonchev–Trinajstić information content (AvgIpc) is 2.70. The third-order valence-electron chi connectivity index (χ3n) is 2.77. The van der Waals surface area contributed by atoms with Crippen molar-refractivity contribution in [1.29, 1.82) is 0 Å². The van der Waals surface area contributed by atoms with E-state index < -0.39 is 0 Å². The van der Waals surface area contributed by atoms with E-state index in [-0.39, 0.29) is 36.8 Å². The molecule has 1 saturated heterocycles. The fourth-order valence-electron chi connectivity index (χ4n) is 1.76. The molecule has 0 bridgehead atoms. The van der Waals surface area contributed by atoms with Gasteiger partial charge < -0.3 is 16.0 Å². The number of carbonyl (C=O) groups excluding carboxylic acids is 3. The van der Waals surface area contributed by atoms with E-state index in [1.165, 1.54) is 0 Å². The van der Waals surface area contributed by atoms with Crippen molar-refractivity contribution in [3.05, 3.63) is 0 Å². The molecule has 4 amide bonds. The minimum absolute atomic E-state index is 0. The van der Waals surface area contributed by atoms with Crippen molar-refractivity contribution in [2.75, 3.05) is 32.7 Å². The first-order valence-electron chi connectivity index (χ1n) is 6.70. The van der Waals surface area contributed by atoms with Crippen molar-refractivity contribution in [3.63, 3.8) is 0 Å². The SMILES string of the molecule is CCCNCCNC(=O)CCCN1C(=O)CNC1=O.Cl. The van der Waals surface area contributed by atoms with Gasteiger partial charge >= 0.3 is 6.03 Å². The molecule has 1 aliphatic heterocycles. The van der Waals surface area contributed by atoms with Gasteiger partial charge in [-0.05, 0) is 19.4 Å². The van der Waals surface area contributed by atoms with Crippen LogP contribution in [0, 0.1) is 0 Å². The third kappa shape index (κ3) is 6.72. The molecule has 1 fully saturated rings. The van der Waals surface area contributed by atoms with Gasteiger partial charge in [-0.2, -0.15) is 0 Å². The normalized spacial score (nSPS) is 13.9. The summed E-state index contributed by atoms with van der Waals surface area (Å²) in [6.07, 6.45) is 1.89. The molecule has 8 heteroatoms. The molecule has 20 heavy (non-hydrogen) atoms. The van der Waals surface area contributed by atoms with Crippen LogP contribution >= 0.6 is 12.4 Å². The van der Waals surface area contributed by atoms with Crippen molar-refractivity contribution in [2.24, 2.45) is 0 Å². The summed E-state index contributed by atoms with van der Waals surface area (Å²) in [5.41, 5.74) is 0. The van der Waals surface area contributed by atoms with Gasteiger partial charge in [-0.3, -0.25) is 14.5 Å². The van der Waals surface area contributed by atoms with Gasteiger partial charge in [0.1, 0.15) is 0 Å². The summed E-state index contributed by atoms with van der Waals surface area (Å²) in [5.74, 6) is -0.278. The van der Waals surface area contributed by atoms with Crippen LogP contribution in [0.5, 0.6) is 0 Å². The molecule has 0 saturated carbocycles. The maximum absolute atomic E-state index is 11.5. The molecule has 0 aromatic rings. The van der Waals surface area contributed by atoms with Crippen molar-refractivity contribution < 1.29 is 14.4 Å². The Hall–Kier alpha value is -1.34. The third-order valence-corrected chi connectivity index (χ3v) is 2.77. The van der Waals surface area contributed by atoms with Gasteiger partial charge in [0, 0.05) is 26.1 Å². The summed E-state index contributed by atoms with van der Waals surface area (Å²) in [6, 6.07) is -0.367. The molecule has 1 rings (SSSR count). The zero-order chi connectivity index (χ0) is 14.1. The standard InChI is InChI=1S/C12H22N4O3.ClH/c1-2-5-13-6-7-14-10(17)4-3-8-16-11(18)9-15-12(16)19;/h13H,2-9H2,1H3,(H,14,17)(H,15,19);1H. The van der Waals surface area contributed by atoms with Crippen molar-refractivity contribution in [2.45, 2.75) is 26.2 Å². The Morgan fingerprint density at radius 3 is 2.65 bits per heavy atom. The molecule has 0 aromatic carbocycles. The quantitative estimate of drug-likeness (QED) is 0.408. The largest absolute Gasteiger partial charge is 0.355 e. The van der Waals surface area contributed by atoms with Crippen LogP contribution in [-0.4, -0.2) is 55.5 Å². The van der Waals surface area contributed by atoms with Gasteiger partial charge in [-0.25, -0.2) is 4.79 Å². The average molecular weight is 307 g/mol. The Bertz CT molecular complexity index is 323. The Labute approximate surface area is 125 Å². The van der Waals surface area contributed by atoms with E-state index in [1.807, 2.05) is 0 Å². The smallest absolute Gasteiger partial charge is 0.324 e. The van der Waals surface area contributed by atoms with Crippen LogP contribution in [-0.2, 0) is 9.59 Å².